The molecule has 0 saturated carbocycles. The van der Waals surface area contributed by atoms with Gasteiger partial charge in [-0.1, -0.05) is 29.3 Å². The van der Waals surface area contributed by atoms with Crippen LogP contribution in [0.15, 0.2) is 36.5 Å². The molecule has 0 saturated heterocycles. The van der Waals surface area contributed by atoms with Crippen LogP contribution in [0.2, 0.25) is 10.0 Å². The topological polar surface area (TPSA) is 165 Å². The van der Waals surface area contributed by atoms with Crippen molar-refractivity contribution in [3.8, 4) is 28.2 Å². The minimum Gasteiger partial charge on any atom is -0.383 e. The number of rotatable bonds is 5. The van der Waals surface area contributed by atoms with Crippen molar-refractivity contribution < 1.29 is 9.18 Å². The van der Waals surface area contributed by atoms with E-state index in [0.717, 1.165) is 0 Å². The maximum absolute atomic E-state index is 15.0. The van der Waals surface area contributed by atoms with E-state index in [9.17, 15) is 4.79 Å². The summed E-state index contributed by atoms with van der Waals surface area (Å²) in [6, 6.07) is 7.64. The number of nitrogens with zero attached hydrogens (tertiary/aromatic N) is 7. The van der Waals surface area contributed by atoms with E-state index in [-0.39, 0.29) is 33.8 Å². The lowest BCUT2D eigenvalue weighted by atomic mass is 10.1. The lowest BCUT2D eigenvalue weighted by Gasteiger charge is -2.10. The Kier molecular flexibility index (Phi) is 6.08. The highest BCUT2D eigenvalue weighted by Crippen LogP contribution is 2.34. The summed E-state index contributed by atoms with van der Waals surface area (Å²) in [5, 5.41) is 17.4. The summed E-state index contributed by atoms with van der Waals surface area (Å²) in [7, 11) is 0. The Labute approximate surface area is 212 Å². The number of pyridine rings is 2. The maximum Gasteiger partial charge on any atom is 0.321 e. The molecule has 0 bridgehead atoms. The van der Waals surface area contributed by atoms with Crippen LogP contribution in [0.25, 0.3) is 39.4 Å². The highest BCUT2D eigenvalue weighted by molar-refractivity contribution is 6.43. The zero-order chi connectivity index (χ0) is 25.4. The molecule has 0 atom stereocenters. The number of halogens is 3. The molecule has 15 heteroatoms. The van der Waals surface area contributed by atoms with Crippen molar-refractivity contribution in [1.29, 1.82) is 0 Å². The molecule has 0 radical (unpaired) electrons. The number of aromatic amines is 1. The van der Waals surface area contributed by atoms with E-state index in [4.69, 9.17) is 28.9 Å². The number of H-pyrrole nitrogens is 1. The molecule has 0 aliphatic heterocycles. The average molecular weight is 528 g/mol. The van der Waals surface area contributed by atoms with Gasteiger partial charge in [0.1, 0.15) is 5.82 Å². The first-order chi connectivity index (χ1) is 17.4. The predicted molar refractivity (Wildman–Crippen MR) is 132 cm³/mol. The Morgan fingerprint density at radius 1 is 1.22 bits per heavy atom. The fourth-order valence-corrected chi connectivity index (χ4v) is 3.85. The fraction of sp³-hybridized carbons (Fsp3) is 0.0952. The van der Waals surface area contributed by atoms with Crippen LogP contribution in [-0.2, 0) is 0 Å². The van der Waals surface area contributed by atoms with Gasteiger partial charge in [0.2, 0.25) is 11.9 Å². The van der Waals surface area contributed by atoms with Gasteiger partial charge in [-0.3, -0.25) is 5.32 Å². The molecule has 1 aromatic carbocycles. The van der Waals surface area contributed by atoms with Crippen LogP contribution in [0.3, 0.4) is 0 Å². The minimum atomic E-state index is -0.798. The second kappa shape index (κ2) is 9.36. The number of tetrazole rings is 1. The number of carbonyl (C=O) groups excluding carboxylic acids is 1. The van der Waals surface area contributed by atoms with E-state index in [1.807, 2.05) is 0 Å². The van der Waals surface area contributed by atoms with Gasteiger partial charge in [0.15, 0.2) is 11.5 Å². The number of nitrogens with one attached hydrogen (secondary N) is 3. The van der Waals surface area contributed by atoms with Crippen molar-refractivity contribution in [2.24, 2.45) is 0 Å². The van der Waals surface area contributed by atoms with Crippen molar-refractivity contribution in [3.63, 3.8) is 0 Å². The van der Waals surface area contributed by atoms with Crippen molar-refractivity contribution in [2.45, 2.75) is 6.92 Å². The third-order valence-electron chi connectivity index (χ3n) is 5.10. The van der Waals surface area contributed by atoms with Crippen LogP contribution in [0, 0.1) is 5.95 Å². The second-order valence-electron chi connectivity index (χ2n) is 7.41. The zero-order valence-corrected chi connectivity index (χ0v) is 19.9. The normalized spacial score (nSPS) is 11.1. The summed E-state index contributed by atoms with van der Waals surface area (Å²) in [6.07, 6.45) is 1.40. The number of amides is 2. The third kappa shape index (κ3) is 4.25. The molecule has 4 aromatic heterocycles. The number of anilines is 2. The Morgan fingerprint density at radius 2 is 2.06 bits per heavy atom. The van der Waals surface area contributed by atoms with Crippen molar-refractivity contribution >= 4 is 52.2 Å². The number of urea groups is 1. The van der Waals surface area contributed by atoms with Gasteiger partial charge in [0, 0.05) is 23.9 Å². The molecule has 0 fully saturated rings. The molecule has 0 aliphatic carbocycles. The van der Waals surface area contributed by atoms with Gasteiger partial charge in [0.05, 0.1) is 26.8 Å². The van der Waals surface area contributed by atoms with Crippen LogP contribution in [0.5, 0.6) is 0 Å². The molecule has 5 rings (SSSR count). The predicted octanol–water partition coefficient (Wildman–Crippen LogP) is 3.83. The lowest BCUT2D eigenvalue weighted by molar-refractivity contribution is 0.252. The molecule has 5 N–H and O–H groups in total. The van der Waals surface area contributed by atoms with E-state index in [0.29, 0.717) is 33.9 Å². The van der Waals surface area contributed by atoms with Crippen LogP contribution in [-0.4, -0.2) is 52.7 Å². The Bertz CT molecular complexity index is 1620. The van der Waals surface area contributed by atoms with E-state index in [2.05, 4.69) is 46.1 Å². The molecule has 0 spiro atoms. The summed E-state index contributed by atoms with van der Waals surface area (Å²) in [6.45, 7) is 2.21. The monoisotopic (exact) mass is 527 g/mol. The van der Waals surface area contributed by atoms with Gasteiger partial charge in [0.25, 0.3) is 0 Å². The summed E-state index contributed by atoms with van der Waals surface area (Å²) < 4.78 is 16.4. The summed E-state index contributed by atoms with van der Waals surface area (Å²) >= 11 is 12.5. The number of hydrogen-bond donors (Lipinski definition) is 4. The van der Waals surface area contributed by atoms with Gasteiger partial charge in [-0.2, -0.15) is 19.0 Å². The van der Waals surface area contributed by atoms with Crippen LogP contribution >= 0.6 is 23.2 Å². The molecule has 182 valence electrons. The van der Waals surface area contributed by atoms with Crippen molar-refractivity contribution in [1.82, 2.24) is 45.5 Å². The van der Waals surface area contributed by atoms with Crippen molar-refractivity contribution in [2.75, 3.05) is 17.6 Å². The maximum atomic E-state index is 15.0. The average Bonchev–Trinajstić information content (AvgIpc) is 3.47. The molecule has 12 nitrogen and oxygen atoms in total. The van der Waals surface area contributed by atoms with E-state index in [1.165, 1.54) is 16.9 Å². The minimum absolute atomic E-state index is 0.0891. The van der Waals surface area contributed by atoms with Gasteiger partial charge in [-0.05, 0) is 41.6 Å². The SMILES string of the molecule is CCNC(=O)Nc1nc2nc(F)c(-c3cnc(N)c(-c4nnnn4-c4cccc(Cl)c4Cl)c3)cc2[nH]1. The number of aromatic nitrogens is 8. The van der Waals surface area contributed by atoms with Crippen LogP contribution < -0.4 is 16.4 Å². The van der Waals surface area contributed by atoms with E-state index < -0.39 is 12.0 Å². The van der Waals surface area contributed by atoms with Crippen LogP contribution in [0.1, 0.15) is 6.92 Å². The number of nitrogens with two attached hydrogens (primary N) is 1. The number of nitrogen functional groups attached to an aromatic ring is 1. The third-order valence-corrected chi connectivity index (χ3v) is 5.90. The van der Waals surface area contributed by atoms with E-state index >= 15 is 4.39 Å². The number of fused-ring (bicyclic) bond motifs is 1. The molecule has 2 amide bonds. The fourth-order valence-electron chi connectivity index (χ4n) is 3.47. The highest BCUT2D eigenvalue weighted by Gasteiger charge is 2.20. The number of hydrogen-bond acceptors (Lipinski definition) is 8. The number of imidazole rings is 1. The second-order valence-corrected chi connectivity index (χ2v) is 8.20. The quantitative estimate of drug-likeness (QED) is 0.250. The molecular weight excluding hydrogens is 512 g/mol. The number of carbonyl (C=O) groups is 1. The smallest absolute Gasteiger partial charge is 0.321 e. The summed E-state index contributed by atoms with van der Waals surface area (Å²) in [4.78, 5) is 26.9. The first-order valence-corrected chi connectivity index (χ1v) is 11.2. The number of benzene rings is 1. The first-order valence-electron chi connectivity index (χ1n) is 10.5. The Morgan fingerprint density at radius 3 is 2.86 bits per heavy atom. The Balaban J connectivity index is 1.57. The summed E-state index contributed by atoms with van der Waals surface area (Å²) in [5.41, 5.74) is 7.83. The van der Waals surface area contributed by atoms with Crippen LogP contribution in [0.4, 0.5) is 21.0 Å². The van der Waals surface area contributed by atoms with Gasteiger partial charge >= 0.3 is 6.03 Å². The van der Waals surface area contributed by atoms with E-state index in [1.54, 1.807) is 31.2 Å². The molecule has 5 aromatic rings. The molecule has 0 aliphatic rings. The molecule has 0 unspecified atom stereocenters. The zero-order valence-electron chi connectivity index (χ0n) is 18.4. The molecular formula is C21H16Cl2FN11O. The lowest BCUT2D eigenvalue weighted by Crippen LogP contribution is -2.28. The molecule has 4 heterocycles. The van der Waals surface area contributed by atoms with Crippen molar-refractivity contribution in [3.05, 3.63) is 52.5 Å². The highest BCUT2D eigenvalue weighted by atomic mass is 35.5. The largest absolute Gasteiger partial charge is 0.383 e. The summed E-state index contributed by atoms with van der Waals surface area (Å²) in [5.74, 6) is -0.352. The van der Waals surface area contributed by atoms with Gasteiger partial charge < -0.3 is 16.0 Å². The van der Waals surface area contributed by atoms with Gasteiger partial charge in [-0.25, -0.2) is 9.78 Å². The first kappa shape index (κ1) is 23.4. The van der Waals surface area contributed by atoms with Gasteiger partial charge in [-0.15, -0.1) is 5.10 Å². The standard InChI is InChI=1S/C21H16Cl2FN11O/c1-2-26-21(36)31-20-28-13-7-10(16(24)29-18(13)30-20)9-6-11(17(25)27-8-9)19-32-33-34-35(19)14-5-3-4-12(22)15(14)23/h3-8H,2H2,1H3,(H2,25,27)(H3,26,28,29,30,31,36). The Hall–Kier alpha value is -4.36. The molecule has 36 heavy (non-hydrogen) atoms.